The Morgan fingerprint density at radius 3 is 2.54 bits per heavy atom. The molecule has 1 rings (SSSR count). The van der Waals surface area contributed by atoms with Crippen LogP contribution in [-0.2, 0) is 16.1 Å². The van der Waals surface area contributed by atoms with Crippen LogP contribution >= 0.6 is 0 Å². The van der Waals surface area contributed by atoms with Gasteiger partial charge in [-0.15, -0.1) is 0 Å². The molecule has 136 valence electrons. The summed E-state index contributed by atoms with van der Waals surface area (Å²) in [6.07, 6.45) is 2.48. The van der Waals surface area contributed by atoms with Gasteiger partial charge >= 0.3 is 5.97 Å². The van der Waals surface area contributed by atoms with E-state index < -0.39 is 12.0 Å². The maximum absolute atomic E-state index is 11.1. The van der Waals surface area contributed by atoms with Crippen molar-refractivity contribution in [1.82, 2.24) is 16.0 Å². The van der Waals surface area contributed by atoms with E-state index in [0.29, 0.717) is 13.0 Å². The molecular weight excluding hydrogens is 306 g/mol. The molecule has 0 radical (unpaired) electrons. The molecule has 0 saturated heterocycles. The van der Waals surface area contributed by atoms with E-state index in [1.807, 2.05) is 25.1 Å². The Bertz CT molecular complexity index is 429. The molecule has 1 aromatic carbocycles. The Morgan fingerprint density at radius 2 is 1.83 bits per heavy atom. The predicted molar refractivity (Wildman–Crippen MR) is 95.9 cm³/mol. The highest BCUT2D eigenvalue weighted by atomic mass is 16.5. The molecule has 0 aliphatic rings. The lowest BCUT2D eigenvalue weighted by Gasteiger charge is -2.14. The quantitative estimate of drug-likeness (QED) is 0.287. The van der Waals surface area contributed by atoms with Crippen molar-refractivity contribution >= 4 is 5.97 Å². The van der Waals surface area contributed by atoms with Gasteiger partial charge in [0.1, 0.15) is 6.04 Å². The zero-order valence-electron chi connectivity index (χ0n) is 14.6. The highest BCUT2D eigenvalue weighted by Gasteiger charge is 2.15. The number of carbonyl (C=O) groups is 1. The number of carboxylic acids is 1. The number of hydrogen-bond donors (Lipinski definition) is 4. The first-order valence-corrected chi connectivity index (χ1v) is 8.73. The van der Waals surface area contributed by atoms with Crippen molar-refractivity contribution in [2.24, 2.45) is 0 Å². The molecule has 6 heteroatoms. The molecule has 1 aromatic rings. The van der Waals surface area contributed by atoms with Crippen molar-refractivity contribution in [3.8, 4) is 0 Å². The molecule has 1 atom stereocenters. The third-order valence-corrected chi connectivity index (χ3v) is 3.66. The number of rotatable bonds is 15. The smallest absolute Gasteiger partial charge is 0.320 e. The fraction of sp³-hybridized carbons (Fsp3) is 0.611. The van der Waals surface area contributed by atoms with Crippen molar-refractivity contribution in [2.75, 3.05) is 33.0 Å². The monoisotopic (exact) mass is 337 g/mol. The van der Waals surface area contributed by atoms with Gasteiger partial charge in [-0.3, -0.25) is 10.1 Å². The van der Waals surface area contributed by atoms with Gasteiger partial charge in [-0.05, 0) is 51.4 Å². The van der Waals surface area contributed by atoms with Gasteiger partial charge in [-0.2, -0.15) is 0 Å². The molecule has 0 spiro atoms. The van der Waals surface area contributed by atoms with E-state index in [1.165, 1.54) is 5.56 Å². The molecule has 0 heterocycles. The molecule has 6 nitrogen and oxygen atoms in total. The van der Waals surface area contributed by atoms with Gasteiger partial charge in [0.2, 0.25) is 0 Å². The summed E-state index contributed by atoms with van der Waals surface area (Å²) in [6, 6.07) is 9.81. The summed E-state index contributed by atoms with van der Waals surface area (Å²) in [5.41, 5.74) is 1.30. The molecule has 0 bridgehead atoms. The molecule has 0 aliphatic carbocycles. The molecule has 0 fully saturated rings. The van der Waals surface area contributed by atoms with Crippen LogP contribution < -0.4 is 16.0 Å². The van der Waals surface area contributed by atoms with Gasteiger partial charge < -0.3 is 20.5 Å². The fourth-order valence-electron chi connectivity index (χ4n) is 2.30. The maximum Gasteiger partial charge on any atom is 0.320 e. The van der Waals surface area contributed by atoms with Crippen LogP contribution in [0.5, 0.6) is 0 Å². The Balaban J connectivity index is 1.94. The molecule has 4 N–H and O–H groups in total. The second kappa shape index (κ2) is 13.9. The molecule has 0 aromatic heterocycles. The lowest BCUT2D eigenvalue weighted by molar-refractivity contribution is -0.140. The van der Waals surface area contributed by atoms with E-state index in [9.17, 15) is 4.79 Å². The van der Waals surface area contributed by atoms with Gasteiger partial charge in [0.05, 0.1) is 6.73 Å². The van der Waals surface area contributed by atoms with Gasteiger partial charge in [0.15, 0.2) is 0 Å². The minimum absolute atomic E-state index is 0.286. The van der Waals surface area contributed by atoms with E-state index in [1.54, 1.807) is 0 Å². The number of carboxylic acid groups (broad SMARTS) is 1. The Kier molecular flexibility index (Phi) is 11.9. The maximum atomic E-state index is 11.1. The van der Waals surface area contributed by atoms with Gasteiger partial charge in [-0.25, -0.2) is 0 Å². The van der Waals surface area contributed by atoms with Crippen LogP contribution in [0.25, 0.3) is 0 Å². The first kappa shape index (κ1) is 20.6. The third-order valence-electron chi connectivity index (χ3n) is 3.66. The summed E-state index contributed by atoms with van der Waals surface area (Å²) >= 11 is 0. The van der Waals surface area contributed by atoms with E-state index in [0.717, 1.165) is 39.0 Å². The van der Waals surface area contributed by atoms with E-state index >= 15 is 0 Å². The standard InChI is InChI=1S/C18H31N3O3/c1-2-24-15-21-17(18(22)23)10-6-11-19-12-7-13-20-14-16-8-4-3-5-9-16/h3-5,8-9,17,19-21H,2,6-7,10-15H2,1H3,(H,22,23). The predicted octanol–water partition coefficient (Wildman–Crippen LogP) is 1.57. The highest BCUT2D eigenvalue weighted by molar-refractivity contribution is 5.73. The highest BCUT2D eigenvalue weighted by Crippen LogP contribution is 1.98. The summed E-state index contributed by atoms with van der Waals surface area (Å²) in [5, 5.41) is 18.8. The molecule has 0 amide bonds. The first-order chi connectivity index (χ1) is 11.7. The Hall–Kier alpha value is -1.47. The lowest BCUT2D eigenvalue weighted by atomic mass is 10.1. The van der Waals surface area contributed by atoms with Crippen LogP contribution in [0.1, 0.15) is 31.7 Å². The van der Waals surface area contributed by atoms with E-state index in [-0.39, 0.29) is 6.73 Å². The average Bonchev–Trinajstić information content (AvgIpc) is 2.59. The molecule has 0 aliphatic heterocycles. The lowest BCUT2D eigenvalue weighted by Crippen LogP contribution is -2.38. The van der Waals surface area contributed by atoms with Crippen LogP contribution in [0.2, 0.25) is 0 Å². The van der Waals surface area contributed by atoms with E-state index in [2.05, 4.69) is 28.1 Å². The number of aliphatic carboxylic acids is 1. The minimum Gasteiger partial charge on any atom is -0.480 e. The van der Waals surface area contributed by atoms with Crippen molar-refractivity contribution in [3.05, 3.63) is 35.9 Å². The van der Waals surface area contributed by atoms with Crippen molar-refractivity contribution in [3.63, 3.8) is 0 Å². The number of benzene rings is 1. The van der Waals surface area contributed by atoms with Crippen molar-refractivity contribution in [1.29, 1.82) is 0 Å². The van der Waals surface area contributed by atoms with Gasteiger partial charge in [-0.1, -0.05) is 30.3 Å². The SMILES string of the molecule is CCOCNC(CCCNCCCNCc1ccccc1)C(=O)O. The van der Waals surface area contributed by atoms with E-state index in [4.69, 9.17) is 9.84 Å². The van der Waals surface area contributed by atoms with Crippen LogP contribution in [0.3, 0.4) is 0 Å². The normalized spacial score (nSPS) is 12.2. The fourth-order valence-corrected chi connectivity index (χ4v) is 2.30. The topological polar surface area (TPSA) is 82.6 Å². The van der Waals surface area contributed by atoms with Gasteiger partial charge in [0.25, 0.3) is 0 Å². The number of hydrogen-bond acceptors (Lipinski definition) is 5. The average molecular weight is 337 g/mol. The molecule has 24 heavy (non-hydrogen) atoms. The molecule has 1 unspecified atom stereocenters. The second-order valence-corrected chi connectivity index (χ2v) is 5.64. The van der Waals surface area contributed by atoms with Crippen LogP contribution in [-0.4, -0.2) is 50.1 Å². The van der Waals surface area contributed by atoms with Gasteiger partial charge in [0, 0.05) is 13.2 Å². The summed E-state index contributed by atoms with van der Waals surface area (Å²) in [6.45, 7) is 6.39. The van der Waals surface area contributed by atoms with Crippen LogP contribution in [0, 0.1) is 0 Å². The second-order valence-electron chi connectivity index (χ2n) is 5.64. The number of nitrogens with one attached hydrogen (secondary N) is 3. The zero-order valence-corrected chi connectivity index (χ0v) is 14.6. The summed E-state index contributed by atoms with van der Waals surface area (Å²) < 4.78 is 5.13. The molecule has 0 saturated carbocycles. The zero-order chi connectivity index (χ0) is 17.5. The third kappa shape index (κ3) is 10.3. The largest absolute Gasteiger partial charge is 0.480 e. The van der Waals surface area contributed by atoms with Crippen LogP contribution in [0.15, 0.2) is 30.3 Å². The van der Waals surface area contributed by atoms with Crippen LogP contribution in [0.4, 0.5) is 0 Å². The Labute approximate surface area is 145 Å². The Morgan fingerprint density at radius 1 is 1.12 bits per heavy atom. The first-order valence-electron chi connectivity index (χ1n) is 8.73. The number of ether oxygens (including phenoxy) is 1. The summed E-state index contributed by atoms with van der Waals surface area (Å²) in [7, 11) is 0. The van der Waals surface area contributed by atoms with Crippen molar-refractivity contribution in [2.45, 2.75) is 38.8 Å². The summed E-state index contributed by atoms with van der Waals surface area (Å²) in [5.74, 6) is -0.820. The minimum atomic E-state index is -0.820. The molecular formula is C18H31N3O3. The summed E-state index contributed by atoms with van der Waals surface area (Å²) in [4.78, 5) is 11.1. The van der Waals surface area contributed by atoms with Crippen molar-refractivity contribution < 1.29 is 14.6 Å².